The van der Waals surface area contributed by atoms with E-state index >= 15 is 0 Å². The third kappa shape index (κ3) is 4.65. The summed E-state index contributed by atoms with van der Waals surface area (Å²) in [6.07, 6.45) is -0.880. The number of nitrogens with one attached hydrogen (secondary N) is 2. The zero-order chi connectivity index (χ0) is 21.9. The van der Waals surface area contributed by atoms with Gasteiger partial charge in [-0.25, -0.2) is 17.6 Å². The number of amides is 1. The average Bonchev–Trinajstić information content (AvgIpc) is 2.97. The molecule has 0 fully saturated rings. The number of halogens is 1. The van der Waals surface area contributed by atoms with Crippen molar-refractivity contribution in [3.63, 3.8) is 0 Å². The van der Waals surface area contributed by atoms with Gasteiger partial charge in [-0.05, 0) is 49.7 Å². The van der Waals surface area contributed by atoms with Crippen LogP contribution in [-0.4, -0.2) is 38.3 Å². The summed E-state index contributed by atoms with van der Waals surface area (Å²) in [7, 11) is -3.73. The van der Waals surface area contributed by atoms with Gasteiger partial charge in [0.25, 0.3) is 15.9 Å². The van der Waals surface area contributed by atoms with E-state index in [0.29, 0.717) is 11.3 Å². The Balaban J connectivity index is 1.69. The molecule has 0 unspecified atom stereocenters. The van der Waals surface area contributed by atoms with Gasteiger partial charge in [-0.15, -0.1) is 0 Å². The number of benzene rings is 2. The van der Waals surface area contributed by atoms with E-state index < -0.39 is 39.9 Å². The van der Waals surface area contributed by atoms with Crippen LogP contribution in [0.25, 0.3) is 0 Å². The molecule has 158 valence electrons. The van der Waals surface area contributed by atoms with E-state index in [1.165, 1.54) is 37.3 Å². The van der Waals surface area contributed by atoms with E-state index in [-0.39, 0.29) is 17.2 Å². The smallest absolute Gasteiger partial charge is 0.331 e. The number of aliphatic imine (C=N–C) groups is 1. The van der Waals surface area contributed by atoms with Crippen LogP contribution >= 0.6 is 0 Å². The fourth-order valence-electron chi connectivity index (χ4n) is 2.79. The summed E-state index contributed by atoms with van der Waals surface area (Å²) in [6.45, 7) is 3.11. The molecular formula is C20H20FN3O5S. The molecule has 0 aliphatic carbocycles. The molecule has 10 heteroatoms. The van der Waals surface area contributed by atoms with E-state index in [1.54, 1.807) is 25.1 Å². The first-order valence-electron chi connectivity index (χ1n) is 9.18. The lowest BCUT2D eigenvalue weighted by Gasteiger charge is -2.17. The highest BCUT2D eigenvalue weighted by atomic mass is 32.2. The van der Waals surface area contributed by atoms with E-state index in [0.717, 1.165) is 0 Å². The lowest BCUT2D eigenvalue weighted by molar-refractivity contribution is -0.155. The van der Waals surface area contributed by atoms with Gasteiger partial charge >= 0.3 is 5.97 Å². The lowest BCUT2D eigenvalue weighted by Crippen LogP contribution is -2.35. The highest BCUT2D eigenvalue weighted by Gasteiger charge is 2.32. The van der Waals surface area contributed by atoms with Crippen LogP contribution < -0.4 is 10.0 Å². The van der Waals surface area contributed by atoms with Crippen LogP contribution in [0.2, 0.25) is 0 Å². The van der Waals surface area contributed by atoms with Crippen LogP contribution in [0.15, 0.2) is 58.4 Å². The summed E-state index contributed by atoms with van der Waals surface area (Å²) in [6, 6.07) is 10.4. The Morgan fingerprint density at radius 2 is 1.83 bits per heavy atom. The molecule has 0 saturated carbocycles. The minimum Gasteiger partial charge on any atom is -0.451 e. The second kappa shape index (κ2) is 8.62. The Kier molecular flexibility index (Phi) is 6.16. The van der Waals surface area contributed by atoms with Gasteiger partial charge in [-0.2, -0.15) is 0 Å². The third-order valence-electron chi connectivity index (χ3n) is 4.36. The molecule has 3 rings (SSSR count). The van der Waals surface area contributed by atoms with Gasteiger partial charge in [0.2, 0.25) is 0 Å². The monoisotopic (exact) mass is 433 g/mol. The first-order chi connectivity index (χ1) is 14.2. The topological polar surface area (TPSA) is 114 Å². The Bertz CT molecular complexity index is 1100. The van der Waals surface area contributed by atoms with Crippen molar-refractivity contribution in [1.29, 1.82) is 0 Å². The molecule has 0 radical (unpaired) electrons. The molecule has 1 amide bonds. The van der Waals surface area contributed by atoms with Crippen LogP contribution in [-0.2, 0) is 24.3 Å². The maximum absolute atomic E-state index is 13.0. The van der Waals surface area contributed by atoms with E-state index in [2.05, 4.69) is 15.0 Å². The summed E-state index contributed by atoms with van der Waals surface area (Å²) >= 11 is 0. The summed E-state index contributed by atoms with van der Waals surface area (Å²) in [4.78, 5) is 29.0. The molecule has 0 spiro atoms. The fraction of sp³-hybridized carbons (Fsp3) is 0.250. The maximum atomic E-state index is 13.0. The first-order valence-corrected chi connectivity index (χ1v) is 10.7. The predicted molar refractivity (Wildman–Crippen MR) is 108 cm³/mol. The van der Waals surface area contributed by atoms with Gasteiger partial charge in [0, 0.05) is 11.3 Å². The van der Waals surface area contributed by atoms with Crippen molar-refractivity contribution < 1.29 is 27.1 Å². The number of fused-ring (bicyclic) bond motifs is 1. The molecular weight excluding hydrogens is 413 g/mol. The minimum absolute atomic E-state index is 0.0406. The number of carbonyl (C=O) groups excluding carboxylic acids is 2. The Morgan fingerprint density at radius 3 is 2.50 bits per heavy atom. The molecule has 1 aliphatic heterocycles. The van der Waals surface area contributed by atoms with Crippen molar-refractivity contribution in [1.82, 2.24) is 4.72 Å². The SMILES string of the molecule is CC[C@H](OC(=O)[C@H](C)N=C1NS(=O)(=O)c2ccccc21)C(=O)Nc1ccc(F)cc1. The number of amidine groups is 1. The van der Waals surface area contributed by atoms with E-state index in [9.17, 15) is 22.4 Å². The van der Waals surface area contributed by atoms with Gasteiger partial charge < -0.3 is 10.1 Å². The molecule has 2 atom stereocenters. The quantitative estimate of drug-likeness (QED) is 0.678. The second-order valence-corrected chi connectivity index (χ2v) is 8.24. The van der Waals surface area contributed by atoms with Gasteiger partial charge in [0.15, 0.2) is 6.10 Å². The molecule has 1 aliphatic rings. The number of esters is 1. The highest BCUT2D eigenvalue weighted by molar-refractivity contribution is 7.90. The zero-order valence-corrected chi connectivity index (χ0v) is 17.1. The standard InChI is InChI=1S/C20H20FN3O5S/c1-3-16(19(25)23-14-10-8-13(21)9-11-14)29-20(26)12(2)22-18-15-6-4-5-7-17(15)30(27,28)24-18/h4-12,16H,3H2,1-2H3,(H,22,24)(H,23,25)/t12-,16-/m0/s1. The summed E-state index contributed by atoms with van der Waals surface area (Å²) in [5, 5.41) is 2.55. The summed E-state index contributed by atoms with van der Waals surface area (Å²) in [5.74, 6) is -1.75. The van der Waals surface area contributed by atoms with Gasteiger partial charge in [-0.1, -0.05) is 19.1 Å². The maximum Gasteiger partial charge on any atom is 0.331 e. The summed E-state index contributed by atoms with van der Waals surface area (Å²) in [5.41, 5.74) is 0.722. The van der Waals surface area contributed by atoms with Crippen LogP contribution in [0.4, 0.5) is 10.1 Å². The zero-order valence-electron chi connectivity index (χ0n) is 16.3. The molecule has 2 N–H and O–H groups in total. The molecule has 2 aromatic carbocycles. The molecule has 1 heterocycles. The highest BCUT2D eigenvalue weighted by Crippen LogP contribution is 2.22. The normalized spacial score (nSPS) is 17.5. The molecule has 2 aromatic rings. The average molecular weight is 433 g/mol. The fourth-order valence-corrected chi connectivity index (χ4v) is 4.03. The van der Waals surface area contributed by atoms with E-state index in [1.807, 2.05) is 0 Å². The first kappa shape index (κ1) is 21.4. The number of rotatable bonds is 6. The van der Waals surface area contributed by atoms with Gasteiger partial charge in [-0.3, -0.25) is 14.5 Å². The van der Waals surface area contributed by atoms with E-state index in [4.69, 9.17) is 4.74 Å². The molecule has 30 heavy (non-hydrogen) atoms. The van der Waals surface area contributed by atoms with Gasteiger partial charge in [0.1, 0.15) is 17.7 Å². The minimum atomic E-state index is -3.73. The van der Waals surface area contributed by atoms with Crippen LogP contribution in [0.5, 0.6) is 0 Å². The van der Waals surface area contributed by atoms with Crippen molar-refractivity contribution >= 4 is 33.4 Å². The molecule has 8 nitrogen and oxygen atoms in total. The van der Waals surface area contributed by atoms with Crippen molar-refractivity contribution in [3.8, 4) is 0 Å². The molecule has 0 aromatic heterocycles. The molecule has 0 bridgehead atoms. The van der Waals surface area contributed by atoms with Gasteiger partial charge in [0.05, 0.1) is 4.90 Å². The number of ether oxygens (including phenoxy) is 1. The van der Waals surface area contributed by atoms with Crippen molar-refractivity contribution in [2.45, 2.75) is 37.3 Å². The number of hydrogen-bond donors (Lipinski definition) is 2. The Morgan fingerprint density at radius 1 is 1.17 bits per heavy atom. The Labute approximate surface area is 173 Å². The number of carbonyl (C=O) groups is 2. The third-order valence-corrected chi connectivity index (χ3v) is 5.76. The van der Waals surface area contributed by atoms with Crippen molar-refractivity contribution in [3.05, 3.63) is 59.9 Å². The molecule has 0 saturated heterocycles. The number of nitrogens with zero attached hydrogens (tertiary/aromatic N) is 1. The van der Waals surface area contributed by atoms with Crippen LogP contribution in [0.3, 0.4) is 0 Å². The van der Waals surface area contributed by atoms with Crippen molar-refractivity contribution in [2.24, 2.45) is 4.99 Å². The second-order valence-electron chi connectivity index (χ2n) is 6.59. The Hall–Kier alpha value is -3.27. The number of hydrogen-bond acceptors (Lipinski definition) is 6. The van der Waals surface area contributed by atoms with Crippen molar-refractivity contribution in [2.75, 3.05) is 5.32 Å². The summed E-state index contributed by atoms with van der Waals surface area (Å²) < 4.78 is 44.8. The predicted octanol–water partition coefficient (Wildman–Crippen LogP) is 2.21. The van der Waals surface area contributed by atoms with Crippen LogP contribution in [0, 0.1) is 5.82 Å². The van der Waals surface area contributed by atoms with Crippen LogP contribution in [0.1, 0.15) is 25.8 Å². The number of anilines is 1. The lowest BCUT2D eigenvalue weighted by atomic mass is 10.2. The largest absolute Gasteiger partial charge is 0.451 e. The number of sulfonamides is 1.